The zero-order valence-corrected chi connectivity index (χ0v) is 12.9. The number of ether oxygens (including phenoxy) is 2. The molecule has 0 heterocycles. The zero-order valence-electron chi connectivity index (χ0n) is 12.1. The molecule has 0 bridgehead atoms. The maximum absolute atomic E-state index is 12.2. The molecular formula is C14H20N2O4S. The van der Waals surface area contributed by atoms with Gasteiger partial charge in [-0.05, 0) is 18.2 Å². The molecule has 0 spiro atoms. The zero-order chi connectivity index (χ0) is 15.7. The topological polar surface area (TPSA) is 90.7 Å². The third kappa shape index (κ3) is 5.83. The van der Waals surface area contributed by atoms with Crippen molar-refractivity contribution in [2.45, 2.75) is 11.0 Å². The first kappa shape index (κ1) is 17.6. The molecule has 0 aliphatic carbocycles. The number of benzene rings is 1. The van der Waals surface area contributed by atoms with E-state index >= 15 is 0 Å². The molecule has 21 heavy (non-hydrogen) atoms. The lowest BCUT2D eigenvalue weighted by atomic mass is 10.2. The summed E-state index contributed by atoms with van der Waals surface area (Å²) in [4.78, 5) is 0.151. The van der Waals surface area contributed by atoms with Gasteiger partial charge in [-0.3, -0.25) is 0 Å². The monoisotopic (exact) mass is 312 g/mol. The minimum absolute atomic E-state index is 0.130. The number of hydrogen-bond donors (Lipinski definition) is 2. The van der Waals surface area contributed by atoms with E-state index in [1.165, 1.54) is 26.4 Å². The Morgan fingerprint density at radius 3 is 2.76 bits per heavy atom. The highest BCUT2D eigenvalue weighted by molar-refractivity contribution is 7.89. The van der Waals surface area contributed by atoms with Gasteiger partial charge in [-0.1, -0.05) is 17.9 Å². The van der Waals surface area contributed by atoms with Gasteiger partial charge in [0.15, 0.2) is 0 Å². The quantitative estimate of drug-likeness (QED) is 0.688. The van der Waals surface area contributed by atoms with E-state index in [1.807, 2.05) is 0 Å². The van der Waals surface area contributed by atoms with Gasteiger partial charge in [-0.15, -0.1) is 0 Å². The Morgan fingerprint density at radius 1 is 1.38 bits per heavy atom. The SMILES string of the molecule is COCC(CNS(=O)(=O)c1cccc(C#CCN)c1)OC. The van der Waals surface area contributed by atoms with Crippen molar-refractivity contribution in [1.29, 1.82) is 0 Å². The Morgan fingerprint density at radius 2 is 2.14 bits per heavy atom. The maximum Gasteiger partial charge on any atom is 0.240 e. The molecule has 3 N–H and O–H groups in total. The molecule has 0 radical (unpaired) electrons. The summed E-state index contributed by atoms with van der Waals surface area (Å²) in [7, 11) is -0.587. The summed E-state index contributed by atoms with van der Waals surface area (Å²) in [6.45, 7) is 0.661. The standard InChI is InChI=1S/C14H20N2O4S/c1-19-11-13(20-2)10-16-21(17,18)14-7-3-5-12(9-14)6-4-8-15/h3,5,7,9,13,16H,8,10-11,15H2,1-2H3. The van der Waals surface area contributed by atoms with Gasteiger partial charge >= 0.3 is 0 Å². The lowest BCUT2D eigenvalue weighted by Gasteiger charge is -2.15. The molecule has 0 aliphatic heterocycles. The summed E-state index contributed by atoms with van der Waals surface area (Å²) in [5, 5.41) is 0. The Kier molecular flexibility index (Phi) is 7.36. The van der Waals surface area contributed by atoms with Crippen molar-refractivity contribution in [1.82, 2.24) is 4.72 Å². The summed E-state index contributed by atoms with van der Waals surface area (Å²) in [6.07, 6.45) is -0.343. The van der Waals surface area contributed by atoms with Crippen LogP contribution in [0.25, 0.3) is 0 Å². The maximum atomic E-state index is 12.2. The molecule has 1 aromatic rings. The molecule has 116 valence electrons. The Bertz CT molecular complexity index is 605. The fourth-order valence-electron chi connectivity index (χ4n) is 1.58. The average molecular weight is 312 g/mol. The van der Waals surface area contributed by atoms with Crippen molar-refractivity contribution in [2.24, 2.45) is 5.73 Å². The summed E-state index contributed by atoms with van der Waals surface area (Å²) >= 11 is 0. The number of sulfonamides is 1. The number of rotatable bonds is 7. The Hall–Kier alpha value is -1.43. The predicted molar refractivity (Wildman–Crippen MR) is 80.2 cm³/mol. The molecule has 0 saturated carbocycles. The van der Waals surface area contributed by atoms with Crippen molar-refractivity contribution in [3.8, 4) is 11.8 Å². The average Bonchev–Trinajstić information content (AvgIpc) is 2.49. The van der Waals surface area contributed by atoms with Crippen molar-refractivity contribution < 1.29 is 17.9 Å². The first-order chi connectivity index (χ1) is 10.0. The van der Waals surface area contributed by atoms with Crippen LogP contribution in [0.2, 0.25) is 0 Å². The van der Waals surface area contributed by atoms with Crippen LogP contribution in [0.4, 0.5) is 0 Å². The summed E-state index contributed by atoms with van der Waals surface area (Å²) < 4.78 is 36.9. The van der Waals surface area contributed by atoms with Crippen molar-refractivity contribution in [3.63, 3.8) is 0 Å². The van der Waals surface area contributed by atoms with Crippen LogP contribution in [0.5, 0.6) is 0 Å². The predicted octanol–water partition coefficient (Wildman–Crippen LogP) is -0.0635. The van der Waals surface area contributed by atoms with Gasteiger partial charge in [0.05, 0.1) is 24.2 Å². The van der Waals surface area contributed by atoms with Gasteiger partial charge in [0, 0.05) is 26.3 Å². The van der Waals surface area contributed by atoms with Crippen molar-refractivity contribution >= 4 is 10.0 Å². The molecule has 0 saturated heterocycles. The molecule has 1 rings (SSSR count). The molecular weight excluding hydrogens is 292 g/mol. The fourth-order valence-corrected chi connectivity index (χ4v) is 2.69. The first-order valence-electron chi connectivity index (χ1n) is 6.34. The Labute approximate surface area is 125 Å². The highest BCUT2D eigenvalue weighted by atomic mass is 32.2. The second-order valence-corrected chi connectivity index (χ2v) is 5.97. The van der Waals surface area contributed by atoms with Gasteiger partial charge in [-0.2, -0.15) is 0 Å². The molecule has 6 nitrogen and oxygen atoms in total. The second kappa shape index (κ2) is 8.77. The van der Waals surface area contributed by atoms with Gasteiger partial charge in [0.2, 0.25) is 10.0 Å². The van der Waals surface area contributed by atoms with Crippen LogP contribution in [0, 0.1) is 11.8 Å². The van der Waals surface area contributed by atoms with E-state index in [9.17, 15) is 8.42 Å². The molecule has 1 atom stereocenters. The number of nitrogens with one attached hydrogen (secondary N) is 1. The van der Waals surface area contributed by atoms with Crippen LogP contribution in [0.3, 0.4) is 0 Å². The molecule has 1 unspecified atom stereocenters. The van der Waals surface area contributed by atoms with Crippen LogP contribution < -0.4 is 10.5 Å². The van der Waals surface area contributed by atoms with Crippen LogP contribution in [0.1, 0.15) is 5.56 Å². The molecule has 0 aliphatic rings. The van der Waals surface area contributed by atoms with E-state index in [4.69, 9.17) is 15.2 Å². The summed E-state index contributed by atoms with van der Waals surface area (Å²) in [5.41, 5.74) is 5.90. The largest absolute Gasteiger partial charge is 0.382 e. The minimum atomic E-state index is -3.62. The molecule has 1 aromatic carbocycles. The fraction of sp³-hybridized carbons (Fsp3) is 0.429. The normalized spacial score (nSPS) is 12.5. The third-order valence-corrected chi connectivity index (χ3v) is 4.09. The van der Waals surface area contributed by atoms with Crippen LogP contribution >= 0.6 is 0 Å². The van der Waals surface area contributed by atoms with Crippen LogP contribution in [0.15, 0.2) is 29.2 Å². The summed E-state index contributed by atoms with van der Waals surface area (Å²) in [5.74, 6) is 5.49. The number of methoxy groups -OCH3 is 2. The third-order valence-electron chi connectivity index (χ3n) is 2.67. The van der Waals surface area contributed by atoms with E-state index in [1.54, 1.807) is 12.1 Å². The first-order valence-corrected chi connectivity index (χ1v) is 7.82. The highest BCUT2D eigenvalue weighted by Crippen LogP contribution is 2.11. The van der Waals surface area contributed by atoms with Gasteiger partial charge in [-0.25, -0.2) is 13.1 Å². The molecule has 0 fully saturated rings. The second-order valence-electron chi connectivity index (χ2n) is 4.20. The number of hydrogen-bond acceptors (Lipinski definition) is 5. The van der Waals surface area contributed by atoms with Crippen molar-refractivity contribution in [3.05, 3.63) is 29.8 Å². The van der Waals surface area contributed by atoms with E-state index < -0.39 is 10.0 Å². The molecule has 7 heteroatoms. The Balaban J connectivity index is 2.82. The summed E-state index contributed by atoms with van der Waals surface area (Å²) in [6, 6.07) is 6.37. The van der Waals surface area contributed by atoms with E-state index in [0.717, 1.165) is 0 Å². The van der Waals surface area contributed by atoms with Gasteiger partial charge in [0.25, 0.3) is 0 Å². The van der Waals surface area contributed by atoms with Gasteiger partial charge < -0.3 is 15.2 Å². The molecule has 0 aromatic heterocycles. The smallest absolute Gasteiger partial charge is 0.240 e. The minimum Gasteiger partial charge on any atom is -0.382 e. The van der Waals surface area contributed by atoms with Gasteiger partial charge in [0.1, 0.15) is 0 Å². The van der Waals surface area contributed by atoms with Crippen LogP contribution in [-0.2, 0) is 19.5 Å². The van der Waals surface area contributed by atoms with E-state index in [-0.39, 0.29) is 24.1 Å². The van der Waals surface area contributed by atoms with Crippen LogP contribution in [-0.4, -0.2) is 48.4 Å². The van der Waals surface area contributed by atoms with E-state index in [0.29, 0.717) is 12.2 Å². The van der Waals surface area contributed by atoms with E-state index in [2.05, 4.69) is 16.6 Å². The highest BCUT2D eigenvalue weighted by Gasteiger charge is 2.17. The lowest BCUT2D eigenvalue weighted by Crippen LogP contribution is -2.35. The van der Waals surface area contributed by atoms with Crippen molar-refractivity contribution in [2.75, 3.05) is 33.9 Å². The number of nitrogens with two attached hydrogens (primary N) is 1. The molecule has 0 amide bonds. The lowest BCUT2D eigenvalue weighted by molar-refractivity contribution is 0.0320.